The smallest absolute Gasteiger partial charge is 0.258 e. The molecule has 126 valence electrons. The minimum absolute atomic E-state index is 0.0421. The van der Waals surface area contributed by atoms with Crippen LogP contribution in [0.3, 0.4) is 0 Å². The average molecular weight is 348 g/mol. The molecule has 0 aliphatic carbocycles. The number of nitro groups is 1. The zero-order chi connectivity index (χ0) is 17.3. The number of aromatic nitrogens is 2. The van der Waals surface area contributed by atoms with Gasteiger partial charge in [0.25, 0.3) is 5.69 Å². The van der Waals surface area contributed by atoms with E-state index in [9.17, 15) is 18.5 Å². The summed E-state index contributed by atoms with van der Waals surface area (Å²) in [6.07, 6.45) is 4.46. The van der Waals surface area contributed by atoms with E-state index in [2.05, 4.69) is 9.97 Å². The lowest BCUT2D eigenvalue weighted by molar-refractivity contribution is -0.385. The molecular formula is C15H16N4O4S. The van der Waals surface area contributed by atoms with Gasteiger partial charge in [-0.1, -0.05) is 6.07 Å². The topological polar surface area (TPSA) is 106 Å². The maximum absolute atomic E-state index is 13.1. The van der Waals surface area contributed by atoms with E-state index in [1.807, 2.05) is 0 Å². The quantitative estimate of drug-likeness (QED) is 0.619. The Kier molecular flexibility index (Phi) is 4.29. The van der Waals surface area contributed by atoms with Gasteiger partial charge in [-0.15, -0.1) is 0 Å². The monoisotopic (exact) mass is 348 g/mol. The molecule has 1 atom stereocenters. The number of nitro benzene ring substituents is 1. The predicted molar refractivity (Wildman–Crippen MR) is 85.7 cm³/mol. The van der Waals surface area contributed by atoms with Crippen LogP contribution in [0.4, 0.5) is 5.69 Å². The Labute approximate surface area is 139 Å². The number of nitrogens with zero attached hydrogens (tertiary/aromatic N) is 4. The van der Waals surface area contributed by atoms with Crippen molar-refractivity contribution in [1.29, 1.82) is 0 Å². The molecule has 0 amide bonds. The Morgan fingerprint density at radius 3 is 2.67 bits per heavy atom. The van der Waals surface area contributed by atoms with Crippen molar-refractivity contribution in [2.45, 2.75) is 30.7 Å². The van der Waals surface area contributed by atoms with Crippen molar-refractivity contribution in [2.75, 3.05) is 6.54 Å². The number of benzene rings is 1. The molecule has 1 aromatic heterocycles. The normalized spacial score (nSPS) is 18.6. The summed E-state index contributed by atoms with van der Waals surface area (Å²) in [5.41, 5.74) is 0.228. The van der Waals surface area contributed by atoms with Crippen LogP contribution in [-0.4, -0.2) is 34.2 Å². The Morgan fingerprint density at radius 1 is 1.29 bits per heavy atom. The van der Waals surface area contributed by atoms with Gasteiger partial charge in [0.15, 0.2) is 0 Å². The second-order valence-corrected chi connectivity index (χ2v) is 7.45. The number of hydrogen-bond donors (Lipinski definition) is 0. The molecule has 0 saturated carbocycles. The SMILES string of the molecule is Cc1ccc([N+](=O)[O-])cc1S(=O)(=O)N1CCCC1c1ncccn1. The summed E-state index contributed by atoms with van der Waals surface area (Å²) in [5, 5.41) is 11.0. The van der Waals surface area contributed by atoms with Gasteiger partial charge >= 0.3 is 0 Å². The molecular weight excluding hydrogens is 332 g/mol. The molecule has 24 heavy (non-hydrogen) atoms. The highest BCUT2D eigenvalue weighted by Gasteiger charge is 2.38. The first kappa shape index (κ1) is 16.5. The molecule has 1 aliphatic rings. The highest BCUT2D eigenvalue weighted by molar-refractivity contribution is 7.89. The standard InChI is InChI=1S/C15H16N4O4S/c1-11-5-6-12(19(20)21)10-14(11)24(22,23)18-9-2-4-13(18)15-16-7-3-8-17-15/h3,5-8,10,13H,2,4,9H2,1H3. The highest BCUT2D eigenvalue weighted by atomic mass is 32.2. The first-order valence-electron chi connectivity index (χ1n) is 7.45. The number of non-ortho nitro benzene ring substituents is 1. The van der Waals surface area contributed by atoms with Crippen molar-refractivity contribution < 1.29 is 13.3 Å². The van der Waals surface area contributed by atoms with Gasteiger partial charge in [-0.25, -0.2) is 18.4 Å². The summed E-state index contributed by atoms with van der Waals surface area (Å²) in [6.45, 7) is 1.97. The van der Waals surface area contributed by atoms with E-state index in [0.717, 1.165) is 6.07 Å². The lowest BCUT2D eigenvalue weighted by atomic mass is 10.2. The summed E-state index contributed by atoms with van der Waals surface area (Å²) in [7, 11) is -3.87. The van der Waals surface area contributed by atoms with Gasteiger partial charge in [0, 0.05) is 31.1 Å². The minimum Gasteiger partial charge on any atom is -0.258 e. The summed E-state index contributed by atoms with van der Waals surface area (Å²) in [5.74, 6) is 0.446. The van der Waals surface area contributed by atoms with Gasteiger partial charge in [0.1, 0.15) is 5.82 Å². The van der Waals surface area contributed by atoms with Crippen LogP contribution in [0.15, 0.2) is 41.6 Å². The number of aryl methyl sites for hydroxylation is 1. The van der Waals surface area contributed by atoms with Crippen LogP contribution in [0.5, 0.6) is 0 Å². The molecule has 0 spiro atoms. The van der Waals surface area contributed by atoms with E-state index in [-0.39, 0.29) is 10.6 Å². The molecule has 8 nitrogen and oxygen atoms in total. The molecule has 3 rings (SSSR count). The molecule has 1 fully saturated rings. The second-order valence-electron chi connectivity index (χ2n) is 5.59. The molecule has 1 aromatic carbocycles. The van der Waals surface area contributed by atoms with Crippen molar-refractivity contribution in [3.63, 3.8) is 0 Å². The van der Waals surface area contributed by atoms with E-state index < -0.39 is 21.0 Å². The van der Waals surface area contributed by atoms with E-state index >= 15 is 0 Å². The third-order valence-electron chi connectivity index (χ3n) is 4.06. The van der Waals surface area contributed by atoms with Gasteiger partial charge in [-0.2, -0.15) is 4.31 Å². The Morgan fingerprint density at radius 2 is 2.00 bits per heavy atom. The van der Waals surface area contributed by atoms with Crippen molar-refractivity contribution in [1.82, 2.24) is 14.3 Å². The van der Waals surface area contributed by atoms with Crippen molar-refractivity contribution in [3.05, 3.63) is 58.2 Å². The van der Waals surface area contributed by atoms with Crippen LogP contribution in [-0.2, 0) is 10.0 Å². The Bertz CT molecular complexity index is 870. The lowest BCUT2D eigenvalue weighted by Gasteiger charge is -2.23. The van der Waals surface area contributed by atoms with Gasteiger partial charge < -0.3 is 0 Å². The summed E-state index contributed by atoms with van der Waals surface area (Å²) >= 11 is 0. The Balaban J connectivity index is 2.04. The second kappa shape index (κ2) is 6.25. The fraction of sp³-hybridized carbons (Fsp3) is 0.333. The number of sulfonamides is 1. The highest BCUT2D eigenvalue weighted by Crippen LogP contribution is 2.36. The molecule has 0 bridgehead atoms. The fourth-order valence-electron chi connectivity index (χ4n) is 2.88. The molecule has 2 aromatic rings. The lowest BCUT2D eigenvalue weighted by Crippen LogP contribution is -2.32. The van der Waals surface area contributed by atoms with Crippen molar-refractivity contribution >= 4 is 15.7 Å². The maximum Gasteiger partial charge on any atom is 0.270 e. The van der Waals surface area contributed by atoms with Crippen LogP contribution in [0, 0.1) is 17.0 Å². The minimum atomic E-state index is -3.87. The average Bonchev–Trinajstić information content (AvgIpc) is 3.06. The van der Waals surface area contributed by atoms with Crippen LogP contribution in [0.1, 0.15) is 30.3 Å². The van der Waals surface area contributed by atoms with E-state index in [4.69, 9.17) is 0 Å². The third kappa shape index (κ3) is 2.87. The largest absolute Gasteiger partial charge is 0.270 e. The van der Waals surface area contributed by atoms with Gasteiger partial charge in [-0.05, 0) is 31.4 Å². The fourth-order valence-corrected chi connectivity index (χ4v) is 4.78. The third-order valence-corrected chi connectivity index (χ3v) is 6.11. The zero-order valence-electron chi connectivity index (χ0n) is 13.0. The summed E-state index contributed by atoms with van der Waals surface area (Å²) < 4.78 is 27.5. The number of rotatable bonds is 4. The molecule has 1 aliphatic heterocycles. The van der Waals surface area contributed by atoms with Crippen LogP contribution in [0.25, 0.3) is 0 Å². The Hall–Kier alpha value is -2.39. The van der Waals surface area contributed by atoms with Crippen molar-refractivity contribution in [2.24, 2.45) is 0 Å². The van der Waals surface area contributed by atoms with Gasteiger partial charge in [0.2, 0.25) is 10.0 Å². The maximum atomic E-state index is 13.1. The molecule has 0 N–H and O–H groups in total. The van der Waals surface area contributed by atoms with Crippen LogP contribution < -0.4 is 0 Å². The van der Waals surface area contributed by atoms with Crippen molar-refractivity contribution in [3.8, 4) is 0 Å². The van der Waals surface area contributed by atoms with E-state index in [1.54, 1.807) is 25.4 Å². The zero-order valence-corrected chi connectivity index (χ0v) is 13.8. The summed E-state index contributed by atoms with van der Waals surface area (Å²) in [4.78, 5) is 18.7. The molecule has 1 unspecified atom stereocenters. The van der Waals surface area contributed by atoms with E-state index in [1.165, 1.54) is 16.4 Å². The molecule has 2 heterocycles. The predicted octanol–water partition coefficient (Wildman–Crippen LogP) is 2.22. The number of hydrogen-bond acceptors (Lipinski definition) is 6. The molecule has 9 heteroatoms. The molecule has 0 radical (unpaired) electrons. The van der Waals surface area contributed by atoms with E-state index in [0.29, 0.717) is 30.8 Å². The van der Waals surface area contributed by atoms with Crippen LogP contribution >= 0.6 is 0 Å². The van der Waals surface area contributed by atoms with Gasteiger partial charge in [-0.3, -0.25) is 10.1 Å². The molecule has 1 saturated heterocycles. The summed E-state index contributed by atoms with van der Waals surface area (Å²) in [6, 6.07) is 5.09. The van der Waals surface area contributed by atoms with Crippen LogP contribution in [0.2, 0.25) is 0 Å². The van der Waals surface area contributed by atoms with Gasteiger partial charge in [0.05, 0.1) is 15.9 Å². The first-order valence-corrected chi connectivity index (χ1v) is 8.89. The first-order chi connectivity index (χ1) is 11.4.